The molecule has 0 saturated carbocycles. The molecule has 3 N–H and O–H groups in total. The van der Waals surface area contributed by atoms with Gasteiger partial charge in [-0.2, -0.15) is 5.10 Å². The topological polar surface area (TPSA) is 137 Å². The Labute approximate surface area is 157 Å². The van der Waals surface area contributed by atoms with Gasteiger partial charge in [0.1, 0.15) is 0 Å². The lowest BCUT2D eigenvalue weighted by molar-refractivity contribution is 0.580. The Bertz CT molecular complexity index is 1170. The van der Waals surface area contributed by atoms with Crippen LogP contribution in [-0.2, 0) is 33.6 Å². The van der Waals surface area contributed by atoms with Gasteiger partial charge < -0.3 is 0 Å². The van der Waals surface area contributed by atoms with Crippen molar-refractivity contribution in [3.8, 4) is 11.3 Å². The summed E-state index contributed by atoms with van der Waals surface area (Å²) >= 11 is 0. The summed E-state index contributed by atoms with van der Waals surface area (Å²) in [5.74, 6) is 0. The number of aromatic nitrogens is 3. The molecule has 142 valence electrons. The van der Waals surface area contributed by atoms with Gasteiger partial charge in [-0.15, -0.1) is 0 Å². The molecular weight excluding hydrogens is 390 g/mol. The molecule has 0 bridgehead atoms. The summed E-state index contributed by atoms with van der Waals surface area (Å²) in [6.07, 6.45) is 4.89. The fraction of sp³-hybridized carbons (Fsp3) is 0.125. The molecule has 9 nitrogen and oxygen atoms in total. The molecule has 1 aromatic carbocycles. The van der Waals surface area contributed by atoms with E-state index in [1.165, 1.54) is 12.1 Å². The predicted octanol–water partition coefficient (Wildman–Crippen LogP) is 0.608. The molecule has 0 aliphatic carbocycles. The number of aryl methyl sites for hydroxylation is 1. The first kappa shape index (κ1) is 19.2. The fourth-order valence-electron chi connectivity index (χ4n) is 2.45. The van der Waals surface area contributed by atoms with E-state index in [9.17, 15) is 16.8 Å². The van der Waals surface area contributed by atoms with E-state index in [1.54, 1.807) is 30.3 Å². The number of nitrogens with two attached hydrogens (primary N) is 1. The predicted molar refractivity (Wildman–Crippen MR) is 98.3 cm³/mol. The number of hydrogen-bond donors (Lipinski definition) is 2. The van der Waals surface area contributed by atoms with Crippen molar-refractivity contribution in [3.63, 3.8) is 0 Å². The molecule has 0 aliphatic heterocycles. The van der Waals surface area contributed by atoms with Crippen molar-refractivity contribution >= 4 is 20.0 Å². The molecule has 2 heterocycles. The number of nitrogens with zero attached hydrogens (tertiary/aromatic N) is 3. The maximum Gasteiger partial charge on any atom is 0.240 e. The molecule has 0 spiro atoms. The van der Waals surface area contributed by atoms with Crippen LogP contribution in [0.1, 0.15) is 5.56 Å². The lowest BCUT2D eigenvalue weighted by atomic mass is 10.1. The summed E-state index contributed by atoms with van der Waals surface area (Å²) in [4.78, 5) is 3.92. The summed E-state index contributed by atoms with van der Waals surface area (Å²) < 4.78 is 51.5. The Balaban J connectivity index is 1.77. The highest BCUT2D eigenvalue weighted by molar-refractivity contribution is 7.89. The number of primary sulfonamides is 1. The first-order valence-electron chi connectivity index (χ1n) is 7.72. The van der Waals surface area contributed by atoms with Crippen LogP contribution in [0.3, 0.4) is 0 Å². The van der Waals surface area contributed by atoms with Gasteiger partial charge in [-0.05, 0) is 42.0 Å². The average Bonchev–Trinajstić information content (AvgIpc) is 3.06. The number of nitrogens with one attached hydrogen (secondary N) is 1. The van der Waals surface area contributed by atoms with Crippen molar-refractivity contribution in [2.75, 3.05) is 0 Å². The van der Waals surface area contributed by atoms with Crippen molar-refractivity contribution in [2.24, 2.45) is 12.2 Å². The first-order valence-corrected chi connectivity index (χ1v) is 10.7. The Morgan fingerprint density at radius 1 is 1.04 bits per heavy atom. The third kappa shape index (κ3) is 4.39. The standard InChI is InChI=1S/C16H17N5O4S2/c1-21-16(6-7-19-21)13-8-12(9-18-11-13)10-20-27(24,25)15-4-2-14(3-5-15)26(17,22)23/h2-9,11,20H,10H2,1H3,(H2,17,22,23). The Kier molecular flexibility index (Phi) is 5.11. The van der Waals surface area contributed by atoms with E-state index in [4.69, 9.17) is 5.14 Å². The minimum Gasteiger partial charge on any atom is -0.268 e. The smallest absolute Gasteiger partial charge is 0.240 e. The third-order valence-electron chi connectivity index (χ3n) is 3.84. The maximum atomic E-state index is 12.4. The highest BCUT2D eigenvalue weighted by atomic mass is 32.2. The normalized spacial score (nSPS) is 12.2. The van der Waals surface area contributed by atoms with Crippen molar-refractivity contribution in [2.45, 2.75) is 16.3 Å². The van der Waals surface area contributed by atoms with Crippen molar-refractivity contribution in [1.29, 1.82) is 0 Å². The van der Waals surface area contributed by atoms with Crippen molar-refractivity contribution in [3.05, 3.63) is 60.6 Å². The van der Waals surface area contributed by atoms with E-state index >= 15 is 0 Å². The van der Waals surface area contributed by atoms with Crippen LogP contribution >= 0.6 is 0 Å². The van der Waals surface area contributed by atoms with Crippen LogP contribution in [0.4, 0.5) is 0 Å². The maximum absolute atomic E-state index is 12.4. The quantitative estimate of drug-likeness (QED) is 0.614. The summed E-state index contributed by atoms with van der Waals surface area (Å²) in [6, 6.07) is 8.32. The Morgan fingerprint density at radius 3 is 2.30 bits per heavy atom. The number of sulfonamides is 2. The minimum absolute atomic E-state index is 0.0258. The number of rotatable bonds is 6. The van der Waals surface area contributed by atoms with Gasteiger partial charge in [0.25, 0.3) is 0 Å². The van der Waals surface area contributed by atoms with Crippen LogP contribution in [0.15, 0.2) is 64.8 Å². The molecule has 2 aromatic heterocycles. The second kappa shape index (κ2) is 7.19. The zero-order valence-electron chi connectivity index (χ0n) is 14.3. The summed E-state index contributed by atoms with van der Waals surface area (Å²) in [6.45, 7) is 0.0258. The number of pyridine rings is 1. The molecule has 3 aromatic rings. The van der Waals surface area contributed by atoms with Gasteiger partial charge in [-0.25, -0.2) is 26.7 Å². The lowest BCUT2D eigenvalue weighted by Gasteiger charge is -2.09. The second-order valence-corrected chi connectivity index (χ2v) is 9.09. The fourth-order valence-corrected chi connectivity index (χ4v) is 3.98. The molecule has 0 atom stereocenters. The zero-order valence-corrected chi connectivity index (χ0v) is 15.9. The zero-order chi connectivity index (χ0) is 19.7. The molecule has 0 fully saturated rings. The minimum atomic E-state index is -3.88. The van der Waals surface area contributed by atoms with Crippen LogP contribution in [-0.4, -0.2) is 31.6 Å². The summed E-state index contributed by atoms with van der Waals surface area (Å²) in [5, 5.41) is 9.11. The monoisotopic (exact) mass is 407 g/mol. The van der Waals surface area contributed by atoms with Crippen molar-refractivity contribution in [1.82, 2.24) is 19.5 Å². The number of benzene rings is 1. The van der Waals surface area contributed by atoms with E-state index in [0.717, 1.165) is 23.4 Å². The van der Waals surface area contributed by atoms with Crippen molar-refractivity contribution < 1.29 is 16.8 Å². The molecule has 0 amide bonds. The van der Waals surface area contributed by atoms with Crippen LogP contribution in [0, 0.1) is 0 Å². The molecule has 11 heteroatoms. The van der Waals surface area contributed by atoms with E-state index in [2.05, 4.69) is 14.8 Å². The van der Waals surface area contributed by atoms with Crippen LogP contribution in [0.5, 0.6) is 0 Å². The van der Waals surface area contributed by atoms with Crippen LogP contribution in [0.2, 0.25) is 0 Å². The van der Waals surface area contributed by atoms with E-state index in [-0.39, 0.29) is 16.3 Å². The molecule has 3 rings (SSSR count). The SMILES string of the molecule is Cn1nccc1-c1cncc(CNS(=O)(=O)c2ccc(S(N)(=O)=O)cc2)c1. The highest BCUT2D eigenvalue weighted by Gasteiger charge is 2.16. The first-order chi connectivity index (χ1) is 12.7. The van der Waals surface area contributed by atoms with Gasteiger partial charge >= 0.3 is 0 Å². The van der Waals surface area contributed by atoms with Gasteiger partial charge in [-0.1, -0.05) is 0 Å². The van der Waals surface area contributed by atoms with E-state index in [0.29, 0.717) is 5.56 Å². The second-order valence-electron chi connectivity index (χ2n) is 5.76. The molecular formula is C16H17N5O4S2. The molecule has 27 heavy (non-hydrogen) atoms. The molecule has 0 saturated heterocycles. The summed E-state index contributed by atoms with van der Waals surface area (Å²) in [5.41, 5.74) is 2.33. The largest absolute Gasteiger partial charge is 0.268 e. The lowest BCUT2D eigenvalue weighted by Crippen LogP contribution is -2.23. The third-order valence-corrected chi connectivity index (χ3v) is 6.19. The van der Waals surface area contributed by atoms with E-state index in [1.807, 2.05) is 12.1 Å². The average molecular weight is 407 g/mol. The Hall–Kier alpha value is -2.60. The van der Waals surface area contributed by atoms with Crippen LogP contribution < -0.4 is 9.86 Å². The number of hydrogen-bond acceptors (Lipinski definition) is 6. The van der Waals surface area contributed by atoms with E-state index < -0.39 is 20.0 Å². The van der Waals surface area contributed by atoms with Gasteiger partial charge in [0, 0.05) is 37.7 Å². The van der Waals surface area contributed by atoms with Gasteiger partial charge in [0.15, 0.2) is 0 Å². The van der Waals surface area contributed by atoms with Gasteiger partial charge in [-0.3, -0.25) is 9.67 Å². The molecule has 0 radical (unpaired) electrons. The molecule has 0 aliphatic rings. The Morgan fingerprint density at radius 2 is 1.70 bits per heavy atom. The summed E-state index contributed by atoms with van der Waals surface area (Å²) in [7, 11) is -5.91. The van der Waals surface area contributed by atoms with Crippen LogP contribution in [0.25, 0.3) is 11.3 Å². The highest BCUT2D eigenvalue weighted by Crippen LogP contribution is 2.19. The van der Waals surface area contributed by atoms with Gasteiger partial charge in [0.2, 0.25) is 20.0 Å². The van der Waals surface area contributed by atoms with Gasteiger partial charge in [0.05, 0.1) is 15.5 Å². The molecule has 0 unspecified atom stereocenters.